The molecule has 0 bridgehead atoms. The van der Waals surface area contributed by atoms with Gasteiger partial charge in [-0.25, -0.2) is 0 Å². The van der Waals surface area contributed by atoms with Crippen LogP contribution in [0.1, 0.15) is 26.3 Å². The van der Waals surface area contributed by atoms with Gasteiger partial charge in [-0.1, -0.05) is 30.3 Å². The maximum atomic E-state index is 12.4. The lowest BCUT2D eigenvalue weighted by atomic mass is 10.1. The van der Waals surface area contributed by atoms with Crippen LogP contribution in [0.15, 0.2) is 72.8 Å². The van der Waals surface area contributed by atoms with Crippen LogP contribution in [0.4, 0.5) is 5.69 Å². The van der Waals surface area contributed by atoms with Gasteiger partial charge < -0.3 is 25.4 Å². The van der Waals surface area contributed by atoms with Crippen molar-refractivity contribution >= 4 is 23.4 Å². The number of fused-ring (bicyclic) bond motifs is 1. The van der Waals surface area contributed by atoms with Gasteiger partial charge in [-0.05, 0) is 48.0 Å². The Labute approximate surface area is 184 Å². The van der Waals surface area contributed by atoms with Gasteiger partial charge in [-0.3, -0.25) is 14.4 Å². The molecule has 8 nitrogen and oxygen atoms in total. The summed E-state index contributed by atoms with van der Waals surface area (Å²) in [5.74, 6) is 0.105. The number of anilines is 1. The molecule has 0 spiro atoms. The van der Waals surface area contributed by atoms with Crippen LogP contribution in [0.3, 0.4) is 0 Å². The first kappa shape index (κ1) is 20.9. The molecule has 3 aromatic rings. The van der Waals surface area contributed by atoms with E-state index in [0.717, 1.165) is 5.56 Å². The molecule has 162 valence electrons. The number of nitrogens with one attached hydrogen (secondary N) is 3. The summed E-state index contributed by atoms with van der Waals surface area (Å²) >= 11 is 0. The quantitative estimate of drug-likeness (QED) is 0.533. The molecule has 0 saturated heterocycles. The molecule has 3 aromatic carbocycles. The number of amides is 3. The van der Waals surface area contributed by atoms with Crippen molar-refractivity contribution in [2.45, 2.75) is 6.54 Å². The number of hydrogen-bond acceptors (Lipinski definition) is 5. The summed E-state index contributed by atoms with van der Waals surface area (Å²) in [6.45, 7) is 0.171. The van der Waals surface area contributed by atoms with Gasteiger partial charge >= 0.3 is 0 Å². The van der Waals surface area contributed by atoms with Crippen molar-refractivity contribution in [3.8, 4) is 11.5 Å². The van der Waals surface area contributed by atoms with E-state index in [4.69, 9.17) is 9.47 Å². The molecule has 0 aromatic heterocycles. The fourth-order valence-electron chi connectivity index (χ4n) is 3.11. The highest BCUT2D eigenvalue weighted by Crippen LogP contribution is 2.32. The Morgan fingerprint density at radius 3 is 2.38 bits per heavy atom. The molecule has 1 heterocycles. The van der Waals surface area contributed by atoms with E-state index in [2.05, 4.69) is 16.0 Å². The van der Waals surface area contributed by atoms with Crippen LogP contribution in [0.2, 0.25) is 0 Å². The van der Waals surface area contributed by atoms with Crippen molar-refractivity contribution in [2.24, 2.45) is 0 Å². The summed E-state index contributed by atoms with van der Waals surface area (Å²) in [6, 6.07) is 21.0. The standard InChI is InChI=1S/C24H21N3O5/c28-22(14-26-23(29)18-9-10-20-21(12-18)32-15-31-20)25-13-16-5-4-6-17(11-16)24(30)27-19-7-2-1-3-8-19/h1-12H,13-15H2,(H,25,28)(H,26,29)(H,27,30). The molecule has 1 aliphatic rings. The monoisotopic (exact) mass is 431 g/mol. The zero-order valence-corrected chi connectivity index (χ0v) is 17.1. The summed E-state index contributed by atoms with van der Waals surface area (Å²) in [6.07, 6.45) is 0. The van der Waals surface area contributed by atoms with Gasteiger partial charge in [0.15, 0.2) is 11.5 Å². The van der Waals surface area contributed by atoms with Crippen LogP contribution >= 0.6 is 0 Å². The number of para-hydroxylation sites is 1. The van der Waals surface area contributed by atoms with Gasteiger partial charge in [0.05, 0.1) is 6.54 Å². The predicted molar refractivity (Wildman–Crippen MR) is 118 cm³/mol. The third-order valence-corrected chi connectivity index (χ3v) is 4.75. The molecule has 0 unspecified atom stereocenters. The third kappa shape index (κ3) is 5.23. The predicted octanol–water partition coefficient (Wildman–Crippen LogP) is 2.71. The maximum Gasteiger partial charge on any atom is 0.255 e. The number of carbonyl (C=O) groups excluding carboxylic acids is 3. The van der Waals surface area contributed by atoms with Crippen molar-refractivity contribution in [1.82, 2.24) is 10.6 Å². The first-order valence-corrected chi connectivity index (χ1v) is 9.98. The van der Waals surface area contributed by atoms with Crippen molar-refractivity contribution in [3.63, 3.8) is 0 Å². The first-order valence-electron chi connectivity index (χ1n) is 9.98. The molecular formula is C24H21N3O5. The van der Waals surface area contributed by atoms with E-state index in [1.165, 1.54) is 0 Å². The minimum Gasteiger partial charge on any atom is -0.454 e. The molecule has 3 amide bonds. The van der Waals surface area contributed by atoms with E-state index in [1.54, 1.807) is 48.5 Å². The molecule has 32 heavy (non-hydrogen) atoms. The lowest BCUT2D eigenvalue weighted by Crippen LogP contribution is -2.36. The molecule has 4 rings (SSSR count). The van der Waals surface area contributed by atoms with Gasteiger partial charge in [0.1, 0.15) is 0 Å². The Morgan fingerprint density at radius 2 is 1.53 bits per heavy atom. The van der Waals surface area contributed by atoms with Crippen LogP contribution in [0.5, 0.6) is 11.5 Å². The minimum absolute atomic E-state index is 0.123. The zero-order chi connectivity index (χ0) is 22.3. The third-order valence-electron chi connectivity index (χ3n) is 4.75. The summed E-state index contributed by atoms with van der Waals surface area (Å²) in [4.78, 5) is 36.8. The molecule has 8 heteroatoms. The van der Waals surface area contributed by atoms with Crippen LogP contribution in [0, 0.1) is 0 Å². The number of hydrogen-bond donors (Lipinski definition) is 3. The molecule has 0 aliphatic carbocycles. The van der Waals surface area contributed by atoms with Crippen LogP contribution in [-0.4, -0.2) is 31.1 Å². The van der Waals surface area contributed by atoms with Crippen LogP contribution in [-0.2, 0) is 11.3 Å². The molecule has 0 radical (unpaired) electrons. The number of carbonyl (C=O) groups is 3. The van der Waals surface area contributed by atoms with Crippen LogP contribution < -0.4 is 25.4 Å². The molecule has 3 N–H and O–H groups in total. The summed E-state index contributed by atoms with van der Waals surface area (Å²) in [5.41, 5.74) is 2.33. The van der Waals surface area contributed by atoms with E-state index in [-0.39, 0.29) is 31.7 Å². The van der Waals surface area contributed by atoms with Gasteiger partial charge in [-0.2, -0.15) is 0 Å². The summed E-state index contributed by atoms with van der Waals surface area (Å²) < 4.78 is 10.5. The molecule has 0 saturated carbocycles. The second-order valence-electron chi connectivity index (χ2n) is 7.05. The second-order valence-corrected chi connectivity index (χ2v) is 7.05. The molecule has 1 aliphatic heterocycles. The Bertz CT molecular complexity index is 1150. The lowest BCUT2D eigenvalue weighted by molar-refractivity contribution is -0.120. The molecular weight excluding hydrogens is 410 g/mol. The Hall–Kier alpha value is -4.33. The number of benzene rings is 3. The van der Waals surface area contributed by atoms with Crippen molar-refractivity contribution in [2.75, 3.05) is 18.7 Å². The highest BCUT2D eigenvalue weighted by molar-refractivity contribution is 6.04. The Kier molecular flexibility index (Phi) is 6.31. The fraction of sp³-hybridized carbons (Fsp3) is 0.125. The Balaban J connectivity index is 1.26. The largest absolute Gasteiger partial charge is 0.454 e. The maximum absolute atomic E-state index is 12.4. The number of ether oxygens (including phenoxy) is 2. The summed E-state index contributed by atoms with van der Waals surface area (Å²) in [7, 11) is 0. The minimum atomic E-state index is -0.391. The van der Waals surface area contributed by atoms with Crippen molar-refractivity contribution in [3.05, 3.63) is 89.5 Å². The fourth-order valence-corrected chi connectivity index (χ4v) is 3.11. The number of rotatable bonds is 7. The SMILES string of the molecule is O=C(CNC(=O)c1ccc2c(c1)OCO2)NCc1cccc(C(=O)Nc2ccccc2)c1. The van der Waals surface area contributed by atoms with Crippen molar-refractivity contribution < 1.29 is 23.9 Å². The molecule has 0 fully saturated rings. The van der Waals surface area contributed by atoms with E-state index in [1.807, 2.05) is 24.3 Å². The smallest absolute Gasteiger partial charge is 0.255 e. The van der Waals surface area contributed by atoms with E-state index in [0.29, 0.717) is 28.3 Å². The average molecular weight is 431 g/mol. The van der Waals surface area contributed by atoms with Gasteiger partial charge in [0.25, 0.3) is 11.8 Å². The lowest BCUT2D eigenvalue weighted by Gasteiger charge is -2.09. The van der Waals surface area contributed by atoms with E-state index < -0.39 is 5.91 Å². The highest BCUT2D eigenvalue weighted by atomic mass is 16.7. The first-order chi connectivity index (χ1) is 15.6. The normalized spacial score (nSPS) is 11.5. The van der Waals surface area contributed by atoms with Gasteiger partial charge in [-0.15, -0.1) is 0 Å². The van der Waals surface area contributed by atoms with Gasteiger partial charge in [0, 0.05) is 23.4 Å². The summed E-state index contributed by atoms with van der Waals surface area (Å²) in [5, 5.41) is 8.13. The second kappa shape index (κ2) is 9.65. The van der Waals surface area contributed by atoms with Crippen LogP contribution in [0.25, 0.3) is 0 Å². The van der Waals surface area contributed by atoms with Gasteiger partial charge in [0.2, 0.25) is 12.7 Å². The highest BCUT2D eigenvalue weighted by Gasteiger charge is 2.16. The average Bonchev–Trinajstić information content (AvgIpc) is 3.30. The Morgan fingerprint density at radius 1 is 0.750 bits per heavy atom. The van der Waals surface area contributed by atoms with Crippen molar-refractivity contribution in [1.29, 1.82) is 0 Å². The molecule has 0 atom stereocenters. The van der Waals surface area contributed by atoms with E-state index in [9.17, 15) is 14.4 Å². The topological polar surface area (TPSA) is 106 Å². The van der Waals surface area contributed by atoms with E-state index >= 15 is 0 Å². The zero-order valence-electron chi connectivity index (χ0n) is 17.1.